The summed E-state index contributed by atoms with van der Waals surface area (Å²) in [5, 5.41) is 0. The van der Waals surface area contributed by atoms with Crippen LogP contribution in [0.3, 0.4) is 0 Å². The molecule has 3 heteroatoms. The fraction of sp³-hybridized carbons (Fsp3) is 0.571. The average Bonchev–Trinajstić information content (AvgIpc) is 2.27. The molecule has 2 atom stereocenters. The van der Waals surface area contributed by atoms with Crippen LogP contribution < -0.4 is 0 Å². The highest BCUT2D eigenvalue weighted by atomic mass is 16.8. The first-order valence-electron chi connectivity index (χ1n) is 3.38. The molecule has 0 aromatic rings. The van der Waals surface area contributed by atoms with Gasteiger partial charge in [0.25, 0.3) is 0 Å². The number of hydrogen-bond acceptors (Lipinski definition) is 3. The van der Waals surface area contributed by atoms with Gasteiger partial charge in [0.05, 0.1) is 0 Å². The zero-order valence-electron chi connectivity index (χ0n) is 5.45. The van der Waals surface area contributed by atoms with Crippen molar-refractivity contribution in [2.24, 2.45) is 0 Å². The van der Waals surface area contributed by atoms with Crippen molar-refractivity contribution in [2.75, 3.05) is 0 Å². The highest BCUT2D eigenvalue weighted by Crippen LogP contribution is 2.24. The van der Waals surface area contributed by atoms with E-state index in [1.165, 1.54) is 0 Å². The zero-order valence-corrected chi connectivity index (χ0v) is 5.45. The van der Waals surface area contributed by atoms with Crippen molar-refractivity contribution >= 4 is 6.16 Å². The molecule has 1 aliphatic carbocycles. The molecule has 0 aromatic carbocycles. The van der Waals surface area contributed by atoms with Crippen LogP contribution in [0.5, 0.6) is 0 Å². The van der Waals surface area contributed by atoms with Crippen LogP contribution in [0.1, 0.15) is 12.8 Å². The summed E-state index contributed by atoms with van der Waals surface area (Å²) in [4.78, 5) is 10.5. The second-order valence-corrected chi connectivity index (χ2v) is 2.51. The molecule has 0 N–H and O–H groups in total. The second kappa shape index (κ2) is 2.01. The van der Waals surface area contributed by atoms with Crippen molar-refractivity contribution < 1.29 is 14.3 Å². The van der Waals surface area contributed by atoms with Crippen LogP contribution in [0.15, 0.2) is 12.2 Å². The summed E-state index contributed by atoms with van der Waals surface area (Å²) in [7, 11) is 0. The molecule has 1 fully saturated rings. The fourth-order valence-corrected chi connectivity index (χ4v) is 1.29. The number of carbonyl (C=O) groups is 1. The molecule has 2 aliphatic rings. The van der Waals surface area contributed by atoms with E-state index >= 15 is 0 Å². The number of fused-ring (bicyclic) bond motifs is 1. The molecule has 54 valence electrons. The maximum Gasteiger partial charge on any atom is 0.509 e. The summed E-state index contributed by atoms with van der Waals surface area (Å²) in [6.07, 6.45) is 5.09. The van der Waals surface area contributed by atoms with E-state index in [1.54, 1.807) is 0 Å². The minimum absolute atomic E-state index is 0.0162. The fourth-order valence-electron chi connectivity index (χ4n) is 1.29. The Balaban J connectivity index is 2.11. The summed E-state index contributed by atoms with van der Waals surface area (Å²) in [6.45, 7) is 0. The van der Waals surface area contributed by atoms with Gasteiger partial charge in [0.15, 0.2) is 0 Å². The first kappa shape index (κ1) is 5.77. The SMILES string of the molecule is O=C1O[C@H]2CC=CC[C@@H]2O1. The predicted octanol–water partition coefficient (Wildman–Crippen LogP) is 1.24. The van der Waals surface area contributed by atoms with Gasteiger partial charge < -0.3 is 9.47 Å². The average molecular weight is 140 g/mol. The summed E-state index contributed by atoms with van der Waals surface area (Å²) in [6, 6.07) is 0. The second-order valence-electron chi connectivity index (χ2n) is 2.51. The Morgan fingerprint density at radius 3 is 2.20 bits per heavy atom. The van der Waals surface area contributed by atoms with Gasteiger partial charge in [-0.1, -0.05) is 12.2 Å². The molecule has 3 nitrogen and oxygen atoms in total. The molecule has 0 amide bonds. The number of carbonyl (C=O) groups excluding carboxylic acids is 1. The van der Waals surface area contributed by atoms with Gasteiger partial charge in [-0.05, 0) is 0 Å². The minimum atomic E-state index is -0.515. The number of rotatable bonds is 0. The van der Waals surface area contributed by atoms with Crippen LogP contribution in [0.4, 0.5) is 4.79 Å². The van der Waals surface area contributed by atoms with Crippen LogP contribution in [0, 0.1) is 0 Å². The Kier molecular flexibility index (Phi) is 1.16. The molecule has 0 radical (unpaired) electrons. The highest BCUT2D eigenvalue weighted by molar-refractivity contribution is 5.62. The lowest BCUT2D eigenvalue weighted by Gasteiger charge is -2.14. The van der Waals surface area contributed by atoms with E-state index in [9.17, 15) is 4.79 Å². The highest BCUT2D eigenvalue weighted by Gasteiger charge is 2.36. The van der Waals surface area contributed by atoms with Crippen LogP contribution in [0.25, 0.3) is 0 Å². The molecule has 0 spiro atoms. The molecule has 1 aliphatic heterocycles. The van der Waals surface area contributed by atoms with Crippen molar-refractivity contribution in [3.05, 3.63) is 12.2 Å². The van der Waals surface area contributed by atoms with Gasteiger partial charge in [0.2, 0.25) is 0 Å². The van der Waals surface area contributed by atoms with Gasteiger partial charge in [-0.2, -0.15) is 0 Å². The van der Waals surface area contributed by atoms with Crippen molar-refractivity contribution in [3.63, 3.8) is 0 Å². The first-order valence-corrected chi connectivity index (χ1v) is 3.38. The smallest absolute Gasteiger partial charge is 0.427 e. The van der Waals surface area contributed by atoms with E-state index in [-0.39, 0.29) is 12.2 Å². The van der Waals surface area contributed by atoms with Crippen LogP contribution in [-0.2, 0) is 9.47 Å². The van der Waals surface area contributed by atoms with Crippen molar-refractivity contribution in [1.29, 1.82) is 0 Å². The molecule has 1 saturated heterocycles. The van der Waals surface area contributed by atoms with Crippen molar-refractivity contribution in [2.45, 2.75) is 25.0 Å². The third-order valence-electron chi connectivity index (χ3n) is 1.81. The van der Waals surface area contributed by atoms with E-state index in [0.29, 0.717) is 0 Å². The third kappa shape index (κ3) is 0.781. The van der Waals surface area contributed by atoms with E-state index < -0.39 is 6.16 Å². The monoisotopic (exact) mass is 140 g/mol. The van der Waals surface area contributed by atoms with Crippen LogP contribution in [-0.4, -0.2) is 18.4 Å². The normalized spacial score (nSPS) is 36.6. The third-order valence-corrected chi connectivity index (χ3v) is 1.81. The summed E-state index contributed by atoms with van der Waals surface area (Å²) in [5.74, 6) is 0. The lowest BCUT2D eigenvalue weighted by atomic mass is 10.0. The summed E-state index contributed by atoms with van der Waals surface area (Å²) in [5.41, 5.74) is 0. The van der Waals surface area contributed by atoms with Gasteiger partial charge >= 0.3 is 6.16 Å². The van der Waals surface area contributed by atoms with E-state index in [1.807, 2.05) is 12.2 Å². The van der Waals surface area contributed by atoms with E-state index in [0.717, 1.165) is 12.8 Å². The number of ether oxygens (including phenoxy) is 2. The molecular weight excluding hydrogens is 132 g/mol. The molecule has 0 aromatic heterocycles. The zero-order chi connectivity index (χ0) is 6.97. The Bertz CT molecular complexity index is 167. The Morgan fingerprint density at radius 2 is 1.70 bits per heavy atom. The lowest BCUT2D eigenvalue weighted by Crippen LogP contribution is -2.23. The van der Waals surface area contributed by atoms with Crippen molar-refractivity contribution in [1.82, 2.24) is 0 Å². The Morgan fingerprint density at radius 1 is 1.20 bits per heavy atom. The van der Waals surface area contributed by atoms with E-state index in [2.05, 4.69) is 0 Å². The molecule has 0 unspecified atom stereocenters. The van der Waals surface area contributed by atoms with Gasteiger partial charge in [-0.25, -0.2) is 4.79 Å². The molecule has 0 bridgehead atoms. The molecule has 2 rings (SSSR count). The molecular formula is C7H8O3. The molecule has 10 heavy (non-hydrogen) atoms. The Hall–Kier alpha value is -0.990. The molecule has 0 saturated carbocycles. The predicted molar refractivity (Wildman–Crippen MR) is 33.5 cm³/mol. The maximum atomic E-state index is 10.5. The van der Waals surface area contributed by atoms with Crippen LogP contribution in [0.2, 0.25) is 0 Å². The van der Waals surface area contributed by atoms with Gasteiger partial charge in [0, 0.05) is 12.8 Å². The van der Waals surface area contributed by atoms with Gasteiger partial charge in [-0.3, -0.25) is 0 Å². The Labute approximate surface area is 58.6 Å². The van der Waals surface area contributed by atoms with Gasteiger partial charge in [0.1, 0.15) is 12.2 Å². The first-order chi connectivity index (χ1) is 4.86. The summed E-state index contributed by atoms with van der Waals surface area (Å²) < 4.78 is 9.71. The van der Waals surface area contributed by atoms with E-state index in [4.69, 9.17) is 9.47 Å². The standard InChI is InChI=1S/C7H8O3/c8-7-9-5-3-1-2-4-6(5)10-7/h1-2,5-6H,3-4H2/t5-,6-/m0/s1. The van der Waals surface area contributed by atoms with Crippen molar-refractivity contribution in [3.8, 4) is 0 Å². The minimum Gasteiger partial charge on any atom is -0.427 e. The molecule has 1 heterocycles. The van der Waals surface area contributed by atoms with Gasteiger partial charge in [-0.15, -0.1) is 0 Å². The van der Waals surface area contributed by atoms with Crippen LogP contribution >= 0.6 is 0 Å². The quantitative estimate of drug-likeness (QED) is 0.375. The largest absolute Gasteiger partial charge is 0.509 e. The topological polar surface area (TPSA) is 35.5 Å². The lowest BCUT2D eigenvalue weighted by molar-refractivity contribution is 0.117. The number of hydrogen-bond donors (Lipinski definition) is 0. The maximum absolute atomic E-state index is 10.5. The summed E-state index contributed by atoms with van der Waals surface area (Å²) >= 11 is 0.